The van der Waals surface area contributed by atoms with Crippen molar-refractivity contribution in [2.75, 3.05) is 40.3 Å². The molecule has 7 heteroatoms. The molecule has 1 aromatic rings. The van der Waals surface area contributed by atoms with Crippen molar-refractivity contribution >= 4 is 17.7 Å². The predicted octanol–water partition coefficient (Wildman–Crippen LogP) is -0.180. The lowest BCUT2D eigenvalue weighted by Gasteiger charge is -2.45. The third-order valence-corrected chi connectivity index (χ3v) is 4.36. The summed E-state index contributed by atoms with van der Waals surface area (Å²) in [5.41, 5.74) is 0.544. The third kappa shape index (κ3) is 2.74. The molecule has 0 radical (unpaired) electrons. The highest BCUT2D eigenvalue weighted by molar-refractivity contribution is 5.98. The number of ether oxygens (including phenoxy) is 1. The number of nitrogens with zero attached hydrogens (tertiary/aromatic N) is 3. The highest BCUT2D eigenvalue weighted by Gasteiger charge is 2.42. The Bertz CT molecular complexity index is 643. The smallest absolute Gasteiger partial charge is 0.254 e. The predicted molar refractivity (Wildman–Crippen MR) is 82.0 cm³/mol. The van der Waals surface area contributed by atoms with E-state index >= 15 is 0 Å². The topological polar surface area (TPSA) is 70.2 Å². The SMILES string of the molecule is COc1ccc(C(=O)N2CCN3C(=O)CN(C)C(=O)[C@H]3C2)cc1. The fourth-order valence-corrected chi connectivity index (χ4v) is 3.02. The molecular weight excluding hydrogens is 298 g/mol. The number of likely N-dealkylation sites (N-methyl/N-ethyl adjacent to an activating group) is 1. The highest BCUT2D eigenvalue weighted by atomic mass is 16.5. The zero-order valence-electron chi connectivity index (χ0n) is 13.2. The van der Waals surface area contributed by atoms with E-state index in [0.29, 0.717) is 24.4 Å². The van der Waals surface area contributed by atoms with E-state index in [1.807, 2.05) is 0 Å². The van der Waals surface area contributed by atoms with E-state index in [1.165, 1.54) is 4.90 Å². The first-order valence-electron chi connectivity index (χ1n) is 7.49. The van der Waals surface area contributed by atoms with E-state index < -0.39 is 6.04 Å². The number of hydrogen-bond donors (Lipinski definition) is 0. The van der Waals surface area contributed by atoms with E-state index in [1.54, 1.807) is 48.2 Å². The van der Waals surface area contributed by atoms with Gasteiger partial charge in [0.25, 0.3) is 5.91 Å². The monoisotopic (exact) mass is 317 g/mol. The number of rotatable bonds is 2. The van der Waals surface area contributed by atoms with Gasteiger partial charge in [0.2, 0.25) is 11.8 Å². The fraction of sp³-hybridized carbons (Fsp3) is 0.438. The van der Waals surface area contributed by atoms with Crippen molar-refractivity contribution in [2.24, 2.45) is 0 Å². The zero-order valence-corrected chi connectivity index (χ0v) is 13.2. The van der Waals surface area contributed by atoms with Crippen LogP contribution >= 0.6 is 0 Å². The Kier molecular flexibility index (Phi) is 3.94. The van der Waals surface area contributed by atoms with Gasteiger partial charge in [-0.2, -0.15) is 0 Å². The van der Waals surface area contributed by atoms with Crippen molar-refractivity contribution < 1.29 is 19.1 Å². The van der Waals surface area contributed by atoms with Crippen LogP contribution in [0.3, 0.4) is 0 Å². The summed E-state index contributed by atoms with van der Waals surface area (Å²) in [6.45, 7) is 1.18. The number of hydrogen-bond acceptors (Lipinski definition) is 4. The number of carbonyl (C=O) groups is 3. The lowest BCUT2D eigenvalue weighted by Crippen LogP contribution is -2.66. The normalized spacial score (nSPS) is 21.3. The van der Waals surface area contributed by atoms with Crippen molar-refractivity contribution in [3.8, 4) is 5.75 Å². The van der Waals surface area contributed by atoms with Gasteiger partial charge < -0.3 is 19.4 Å². The van der Waals surface area contributed by atoms with Crippen LogP contribution in [-0.2, 0) is 9.59 Å². The molecule has 2 aliphatic heterocycles. The van der Waals surface area contributed by atoms with Crippen LogP contribution in [0.5, 0.6) is 5.75 Å². The summed E-state index contributed by atoms with van der Waals surface area (Å²) in [7, 11) is 3.18. The van der Waals surface area contributed by atoms with E-state index in [9.17, 15) is 14.4 Å². The largest absolute Gasteiger partial charge is 0.497 e. The molecule has 0 bridgehead atoms. The minimum absolute atomic E-state index is 0.0614. The van der Waals surface area contributed by atoms with Crippen LogP contribution in [0.15, 0.2) is 24.3 Å². The molecule has 122 valence electrons. The molecule has 1 aromatic carbocycles. The maximum Gasteiger partial charge on any atom is 0.254 e. The number of amides is 3. The maximum atomic E-state index is 12.6. The summed E-state index contributed by atoms with van der Waals surface area (Å²) in [5.74, 6) is 0.368. The molecule has 1 atom stereocenters. The second-order valence-electron chi connectivity index (χ2n) is 5.78. The van der Waals surface area contributed by atoms with Crippen molar-refractivity contribution in [1.82, 2.24) is 14.7 Å². The number of piperazine rings is 2. The maximum absolute atomic E-state index is 12.6. The average Bonchev–Trinajstić information content (AvgIpc) is 2.59. The first kappa shape index (κ1) is 15.3. The molecular formula is C16H19N3O4. The zero-order chi connectivity index (χ0) is 16.6. The average molecular weight is 317 g/mol. The van der Waals surface area contributed by atoms with Gasteiger partial charge in [-0.1, -0.05) is 0 Å². The van der Waals surface area contributed by atoms with Gasteiger partial charge in [0.15, 0.2) is 0 Å². The Morgan fingerprint density at radius 2 is 1.87 bits per heavy atom. The standard InChI is InChI=1S/C16H19N3O4/c1-17-10-14(20)19-8-7-18(9-13(19)16(17)22)15(21)11-3-5-12(23-2)6-4-11/h3-6,13H,7-10H2,1-2H3/t13-/m1/s1. The molecule has 23 heavy (non-hydrogen) atoms. The summed E-state index contributed by atoms with van der Waals surface area (Å²) in [5, 5.41) is 0. The Balaban J connectivity index is 1.75. The summed E-state index contributed by atoms with van der Waals surface area (Å²) in [6, 6.07) is 6.29. The van der Waals surface area contributed by atoms with Crippen LogP contribution in [0.25, 0.3) is 0 Å². The summed E-state index contributed by atoms with van der Waals surface area (Å²) in [6.07, 6.45) is 0. The van der Waals surface area contributed by atoms with Crippen LogP contribution in [0.4, 0.5) is 0 Å². The number of fused-ring (bicyclic) bond motifs is 1. The minimum Gasteiger partial charge on any atom is -0.497 e. The molecule has 2 heterocycles. The summed E-state index contributed by atoms with van der Waals surface area (Å²) < 4.78 is 5.08. The number of carbonyl (C=O) groups excluding carboxylic acids is 3. The molecule has 3 amide bonds. The van der Waals surface area contributed by atoms with Gasteiger partial charge in [0, 0.05) is 25.7 Å². The first-order chi connectivity index (χ1) is 11.0. The quantitative estimate of drug-likeness (QED) is 0.759. The molecule has 2 fully saturated rings. The molecule has 2 aliphatic rings. The Morgan fingerprint density at radius 3 is 2.52 bits per heavy atom. The molecule has 0 aromatic heterocycles. The summed E-state index contributed by atoms with van der Waals surface area (Å²) >= 11 is 0. The van der Waals surface area contributed by atoms with Gasteiger partial charge in [-0.25, -0.2) is 0 Å². The van der Waals surface area contributed by atoms with E-state index in [-0.39, 0.29) is 30.8 Å². The molecule has 0 aliphatic carbocycles. The van der Waals surface area contributed by atoms with Crippen LogP contribution in [0.2, 0.25) is 0 Å². The Hall–Kier alpha value is -2.57. The van der Waals surface area contributed by atoms with Crippen LogP contribution in [-0.4, -0.2) is 78.8 Å². The van der Waals surface area contributed by atoms with Gasteiger partial charge in [-0.05, 0) is 24.3 Å². The van der Waals surface area contributed by atoms with Gasteiger partial charge >= 0.3 is 0 Å². The van der Waals surface area contributed by atoms with Crippen molar-refractivity contribution in [3.63, 3.8) is 0 Å². The first-order valence-corrected chi connectivity index (χ1v) is 7.49. The second kappa shape index (κ2) is 5.91. The van der Waals surface area contributed by atoms with Crippen LogP contribution in [0, 0.1) is 0 Å². The molecule has 0 spiro atoms. The van der Waals surface area contributed by atoms with Gasteiger partial charge in [-0.3, -0.25) is 14.4 Å². The molecule has 0 N–H and O–H groups in total. The number of benzene rings is 1. The summed E-state index contributed by atoms with van der Waals surface area (Å²) in [4.78, 5) is 41.5. The van der Waals surface area contributed by atoms with Crippen molar-refractivity contribution in [3.05, 3.63) is 29.8 Å². The Morgan fingerprint density at radius 1 is 1.17 bits per heavy atom. The second-order valence-corrected chi connectivity index (χ2v) is 5.78. The van der Waals surface area contributed by atoms with Gasteiger partial charge in [-0.15, -0.1) is 0 Å². The fourth-order valence-electron chi connectivity index (χ4n) is 3.02. The number of methoxy groups -OCH3 is 1. The van der Waals surface area contributed by atoms with E-state index in [0.717, 1.165) is 0 Å². The lowest BCUT2D eigenvalue weighted by molar-refractivity contribution is -0.157. The van der Waals surface area contributed by atoms with E-state index in [4.69, 9.17) is 4.74 Å². The minimum atomic E-state index is -0.572. The third-order valence-electron chi connectivity index (χ3n) is 4.36. The van der Waals surface area contributed by atoms with Crippen molar-refractivity contribution in [1.29, 1.82) is 0 Å². The molecule has 0 unspecified atom stereocenters. The molecule has 2 saturated heterocycles. The highest BCUT2D eigenvalue weighted by Crippen LogP contribution is 2.20. The van der Waals surface area contributed by atoms with Crippen LogP contribution in [0.1, 0.15) is 10.4 Å². The van der Waals surface area contributed by atoms with Gasteiger partial charge in [0.1, 0.15) is 11.8 Å². The van der Waals surface area contributed by atoms with Crippen molar-refractivity contribution in [2.45, 2.75) is 6.04 Å². The Labute approximate surface area is 134 Å². The molecule has 3 rings (SSSR count). The van der Waals surface area contributed by atoms with Crippen LogP contribution < -0.4 is 4.74 Å². The molecule has 0 saturated carbocycles. The van der Waals surface area contributed by atoms with E-state index in [2.05, 4.69) is 0 Å². The molecule has 7 nitrogen and oxygen atoms in total. The lowest BCUT2D eigenvalue weighted by atomic mass is 10.1. The van der Waals surface area contributed by atoms with Gasteiger partial charge in [0.05, 0.1) is 20.2 Å².